The average molecular weight is 288 g/mol. The zero-order chi connectivity index (χ0) is 14.1. The fourth-order valence-electron chi connectivity index (χ4n) is 2.42. The maximum Gasteiger partial charge on any atom is 0.151 e. The van der Waals surface area contributed by atoms with Crippen LogP contribution in [0.2, 0.25) is 0 Å². The van der Waals surface area contributed by atoms with Crippen LogP contribution >= 0.6 is 12.2 Å². The minimum absolute atomic E-state index is 0.368. The summed E-state index contributed by atoms with van der Waals surface area (Å²) < 4.78 is 1.86. The molecule has 0 atom stereocenters. The van der Waals surface area contributed by atoms with Crippen LogP contribution in [-0.4, -0.2) is 24.7 Å². The van der Waals surface area contributed by atoms with Crippen molar-refractivity contribution in [1.82, 2.24) is 19.7 Å². The van der Waals surface area contributed by atoms with Crippen LogP contribution in [0.5, 0.6) is 0 Å². The number of hydrogen-bond donors (Lipinski definition) is 2. The molecule has 104 valence electrons. The van der Waals surface area contributed by atoms with Gasteiger partial charge in [-0.15, -0.1) is 10.2 Å². The Hall–Kier alpha value is -2.02. The number of nitrogens with two attached hydrogens (primary N) is 1. The van der Waals surface area contributed by atoms with Crippen molar-refractivity contribution < 1.29 is 0 Å². The van der Waals surface area contributed by atoms with Gasteiger partial charge in [0.15, 0.2) is 5.82 Å². The summed E-state index contributed by atoms with van der Waals surface area (Å²) >= 11 is 5.13. The number of nitrogens with zero attached hydrogens (tertiary/aromatic N) is 4. The SMILES string of the molecule is Cn1cnnc1CNc1nc2c(cc1C(N)=S)CCC2. The molecule has 6 nitrogen and oxygen atoms in total. The molecule has 3 N–H and O–H groups in total. The second-order valence-corrected chi connectivity index (χ2v) is 5.36. The Morgan fingerprint density at radius 1 is 1.50 bits per heavy atom. The van der Waals surface area contributed by atoms with Gasteiger partial charge >= 0.3 is 0 Å². The van der Waals surface area contributed by atoms with Crippen molar-refractivity contribution in [1.29, 1.82) is 0 Å². The van der Waals surface area contributed by atoms with Gasteiger partial charge in [-0.1, -0.05) is 12.2 Å². The number of thiocarbonyl (C=S) groups is 1. The van der Waals surface area contributed by atoms with Gasteiger partial charge in [-0.25, -0.2) is 4.98 Å². The highest BCUT2D eigenvalue weighted by Crippen LogP contribution is 2.25. The predicted octanol–water partition coefficient (Wildman–Crippen LogP) is 0.945. The van der Waals surface area contributed by atoms with Gasteiger partial charge in [-0.05, 0) is 30.9 Å². The van der Waals surface area contributed by atoms with Crippen molar-refractivity contribution >= 4 is 23.0 Å². The first-order chi connectivity index (χ1) is 9.65. The zero-order valence-electron chi connectivity index (χ0n) is 11.3. The monoisotopic (exact) mass is 288 g/mol. The van der Waals surface area contributed by atoms with E-state index in [1.807, 2.05) is 11.6 Å². The molecule has 0 spiro atoms. The van der Waals surface area contributed by atoms with Crippen LogP contribution < -0.4 is 11.1 Å². The Kier molecular flexibility index (Phi) is 3.35. The first kappa shape index (κ1) is 13.0. The van der Waals surface area contributed by atoms with E-state index >= 15 is 0 Å². The molecule has 1 aliphatic rings. The molecule has 0 saturated carbocycles. The first-order valence-electron chi connectivity index (χ1n) is 6.54. The summed E-state index contributed by atoms with van der Waals surface area (Å²) in [4.78, 5) is 5.04. The Morgan fingerprint density at radius 2 is 2.35 bits per heavy atom. The molecular formula is C13H16N6S. The third-order valence-electron chi connectivity index (χ3n) is 3.54. The molecule has 1 aliphatic carbocycles. The summed E-state index contributed by atoms with van der Waals surface area (Å²) in [6, 6.07) is 2.07. The molecule has 2 aromatic heterocycles. The number of aryl methyl sites for hydroxylation is 3. The molecule has 0 unspecified atom stereocenters. The van der Waals surface area contributed by atoms with E-state index in [9.17, 15) is 0 Å². The van der Waals surface area contributed by atoms with Crippen molar-refractivity contribution in [2.45, 2.75) is 25.8 Å². The molecule has 7 heteroatoms. The second-order valence-electron chi connectivity index (χ2n) is 4.92. The number of nitrogens with one attached hydrogen (secondary N) is 1. The molecule has 0 fully saturated rings. The normalized spacial score (nSPS) is 13.2. The van der Waals surface area contributed by atoms with E-state index in [4.69, 9.17) is 18.0 Å². The van der Waals surface area contributed by atoms with E-state index in [-0.39, 0.29) is 0 Å². The van der Waals surface area contributed by atoms with Gasteiger partial charge < -0.3 is 15.6 Å². The van der Waals surface area contributed by atoms with E-state index in [0.717, 1.165) is 42.2 Å². The van der Waals surface area contributed by atoms with Crippen molar-refractivity contribution in [3.63, 3.8) is 0 Å². The Bertz CT molecular complexity index is 663. The van der Waals surface area contributed by atoms with Crippen LogP contribution in [0.15, 0.2) is 12.4 Å². The molecule has 0 aliphatic heterocycles. The Labute approximate surface area is 122 Å². The van der Waals surface area contributed by atoms with Crippen LogP contribution in [0.25, 0.3) is 0 Å². The topological polar surface area (TPSA) is 81.7 Å². The molecule has 20 heavy (non-hydrogen) atoms. The molecule has 0 bridgehead atoms. The first-order valence-corrected chi connectivity index (χ1v) is 6.95. The molecule has 0 aromatic carbocycles. The molecule has 0 amide bonds. The third kappa shape index (κ3) is 2.36. The summed E-state index contributed by atoms with van der Waals surface area (Å²) in [5.74, 6) is 1.57. The summed E-state index contributed by atoms with van der Waals surface area (Å²) in [6.45, 7) is 0.540. The molecule has 3 rings (SSSR count). The highest BCUT2D eigenvalue weighted by atomic mass is 32.1. The smallest absolute Gasteiger partial charge is 0.151 e. The summed E-state index contributed by atoms with van der Waals surface area (Å²) in [5, 5.41) is 11.2. The van der Waals surface area contributed by atoms with Crippen molar-refractivity contribution in [3.05, 3.63) is 35.0 Å². The van der Waals surface area contributed by atoms with Crippen LogP contribution in [0.3, 0.4) is 0 Å². The fraction of sp³-hybridized carbons (Fsp3) is 0.385. The molecule has 0 saturated heterocycles. The predicted molar refractivity (Wildman–Crippen MR) is 80.5 cm³/mol. The molecule has 2 heterocycles. The zero-order valence-corrected chi connectivity index (χ0v) is 12.1. The number of aromatic nitrogens is 4. The van der Waals surface area contributed by atoms with E-state index in [2.05, 4.69) is 26.6 Å². The van der Waals surface area contributed by atoms with Crippen LogP contribution in [0, 0.1) is 0 Å². The van der Waals surface area contributed by atoms with Gasteiger partial charge in [0.2, 0.25) is 0 Å². The highest BCUT2D eigenvalue weighted by Gasteiger charge is 2.17. The quantitative estimate of drug-likeness (QED) is 0.815. The second kappa shape index (κ2) is 5.16. The van der Waals surface area contributed by atoms with Crippen molar-refractivity contribution in [2.75, 3.05) is 5.32 Å². The highest BCUT2D eigenvalue weighted by molar-refractivity contribution is 7.80. The lowest BCUT2D eigenvalue weighted by Gasteiger charge is -2.12. The summed E-state index contributed by atoms with van der Waals surface area (Å²) in [5.41, 5.74) is 9.02. The number of rotatable bonds is 4. The van der Waals surface area contributed by atoms with Gasteiger partial charge in [-0.2, -0.15) is 0 Å². The average Bonchev–Trinajstić information content (AvgIpc) is 3.03. The van der Waals surface area contributed by atoms with E-state index in [1.54, 1.807) is 6.33 Å². The number of hydrogen-bond acceptors (Lipinski definition) is 5. The minimum atomic E-state index is 0.368. The third-order valence-corrected chi connectivity index (χ3v) is 3.76. The standard InChI is InChI=1S/C13H16N6S/c1-19-7-16-18-11(19)6-15-13-9(12(14)20)5-8-3-2-4-10(8)17-13/h5,7H,2-4,6H2,1H3,(H2,14,20)(H,15,17). The van der Waals surface area contributed by atoms with Gasteiger partial charge in [0.1, 0.15) is 17.1 Å². The van der Waals surface area contributed by atoms with E-state index in [1.165, 1.54) is 5.56 Å². The van der Waals surface area contributed by atoms with Gasteiger partial charge in [-0.3, -0.25) is 0 Å². The Balaban J connectivity index is 1.88. The number of pyridine rings is 1. The maximum absolute atomic E-state index is 5.81. The van der Waals surface area contributed by atoms with E-state index in [0.29, 0.717) is 11.5 Å². The van der Waals surface area contributed by atoms with Gasteiger partial charge in [0, 0.05) is 12.7 Å². The molecular weight excluding hydrogens is 272 g/mol. The fourth-order valence-corrected chi connectivity index (χ4v) is 2.58. The molecule has 0 radical (unpaired) electrons. The van der Waals surface area contributed by atoms with Crippen molar-refractivity contribution in [2.24, 2.45) is 12.8 Å². The lowest BCUT2D eigenvalue weighted by Crippen LogP contribution is -2.16. The maximum atomic E-state index is 5.81. The van der Waals surface area contributed by atoms with Crippen molar-refractivity contribution in [3.8, 4) is 0 Å². The molecule has 2 aromatic rings. The Morgan fingerprint density at radius 3 is 3.05 bits per heavy atom. The lowest BCUT2D eigenvalue weighted by atomic mass is 10.1. The number of fused-ring (bicyclic) bond motifs is 1. The van der Waals surface area contributed by atoms with Gasteiger partial charge in [0.25, 0.3) is 0 Å². The van der Waals surface area contributed by atoms with Crippen LogP contribution in [-0.2, 0) is 26.4 Å². The van der Waals surface area contributed by atoms with Gasteiger partial charge in [0.05, 0.1) is 12.1 Å². The van der Waals surface area contributed by atoms with E-state index < -0.39 is 0 Å². The summed E-state index contributed by atoms with van der Waals surface area (Å²) in [7, 11) is 1.90. The lowest BCUT2D eigenvalue weighted by molar-refractivity contribution is 0.809. The largest absolute Gasteiger partial charge is 0.389 e. The van der Waals surface area contributed by atoms with Crippen LogP contribution in [0.1, 0.15) is 29.1 Å². The summed E-state index contributed by atoms with van der Waals surface area (Å²) in [6.07, 6.45) is 4.89. The number of anilines is 1. The minimum Gasteiger partial charge on any atom is -0.389 e. The van der Waals surface area contributed by atoms with Crippen LogP contribution in [0.4, 0.5) is 5.82 Å².